The number of methoxy groups -OCH3 is 1. The standard InChI is InChI=1S/C15H26N2O3/c1-5-12(18-4)15(17-16)11-8-9-13(19-6-2)14(10-11)20-7-3/h8-10,12,15,17H,5-7,16H2,1-4H3. The molecule has 0 radical (unpaired) electrons. The van der Waals surface area contributed by atoms with E-state index in [2.05, 4.69) is 12.3 Å². The summed E-state index contributed by atoms with van der Waals surface area (Å²) in [6, 6.07) is 5.77. The lowest BCUT2D eigenvalue weighted by molar-refractivity contribution is 0.0650. The van der Waals surface area contributed by atoms with Crippen LogP contribution in [-0.2, 0) is 4.74 Å². The summed E-state index contributed by atoms with van der Waals surface area (Å²) < 4.78 is 16.7. The summed E-state index contributed by atoms with van der Waals surface area (Å²) in [7, 11) is 1.69. The smallest absolute Gasteiger partial charge is 0.161 e. The fraction of sp³-hybridized carbons (Fsp3) is 0.600. The minimum absolute atomic E-state index is 0.00687. The zero-order chi connectivity index (χ0) is 15.0. The highest BCUT2D eigenvalue weighted by atomic mass is 16.5. The number of nitrogens with one attached hydrogen (secondary N) is 1. The average Bonchev–Trinajstić information content (AvgIpc) is 2.47. The predicted octanol–water partition coefficient (Wildman–Crippen LogP) is 2.41. The Morgan fingerprint density at radius 3 is 2.25 bits per heavy atom. The van der Waals surface area contributed by atoms with E-state index in [1.165, 1.54) is 0 Å². The Morgan fingerprint density at radius 2 is 1.75 bits per heavy atom. The topological polar surface area (TPSA) is 65.7 Å². The molecule has 0 amide bonds. The number of rotatable bonds is 9. The van der Waals surface area contributed by atoms with Crippen LogP contribution in [0.5, 0.6) is 11.5 Å². The first kappa shape index (κ1) is 16.8. The average molecular weight is 282 g/mol. The predicted molar refractivity (Wildman–Crippen MR) is 79.9 cm³/mol. The van der Waals surface area contributed by atoms with Gasteiger partial charge in [0.25, 0.3) is 0 Å². The highest BCUT2D eigenvalue weighted by Gasteiger charge is 2.21. The lowest BCUT2D eigenvalue weighted by atomic mass is 9.99. The summed E-state index contributed by atoms with van der Waals surface area (Å²) in [6.45, 7) is 7.16. The van der Waals surface area contributed by atoms with E-state index in [-0.39, 0.29) is 12.1 Å². The molecule has 3 N–H and O–H groups in total. The van der Waals surface area contributed by atoms with Crippen LogP contribution in [0.25, 0.3) is 0 Å². The highest BCUT2D eigenvalue weighted by molar-refractivity contribution is 5.44. The SMILES string of the molecule is CCOc1ccc(C(NN)C(CC)OC)cc1OCC. The zero-order valence-corrected chi connectivity index (χ0v) is 12.8. The van der Waals surface area contributed by atoms with Crippen molar-refractivity contribution in [3.63, 3.8) is 0 Å². The van der Waals surface area contributed by atoms with Gasteiger partial charge in [-0.25, -0.2) is 0 Å². The molecule has 0 heterocycles. The van der Waals surface area contributed by atoms with Gasteiger partial charge >= 0.3 is 0 Å². The van der Waals surface area contributed by atoms with Crippen molar-refractivity contribution in [1.82, 2.24) is 5.43 Å². The van der Waals surface area contributed by atoms with Crippen molar-refractivity contribution in [1.29, 1.82) is 0 Å². The van der Waals surface area contributed by atoms with E-state index in [1.54, 1.807) is 7.11 Å². The third-order valence-electron chi connectivity index (χ3n) is 3.18. The molecule has 0 saturated carbocycles. The van der Waals surface area contributed by atoms with Crippen molar-refractivity contribution in [2.24, 2.45) is 5.84 Å². The quantitative estimate of drug-likeness (QED) is 0.538. The van der Waals surface area contributed by atoms with Gasteiger partial charge in [0.2, 0.25) is 0 Å². The first-order valence-corrected chi connectivity index (χ1v) is 7.10. The molecule has 0 saturated heterocycles. The van der Waals surface area contributed by atoms with Crippen LogP contribution in [0.15, 0.2) is 18.2 Å². The molecule has 114 valence electrons. The Morgan fingerprint density at radius 1 is 1.10 bits per heavy atom. The molecule has 1 aromatic carbocycles. The Balaban J connectivity index is 3.07. The van der Waals surface area contributed by atoms with Gasteiger partial charge < -0.3 is 14.2 Å². The van der Waals surface area contributed by atoms with Crippen molar-refractivity contribution >= 4 is 0 Å². The summed E-state index contributed by atoms with van der Waals surface area (Å²) in [6.07, 6.45) is 0.871. The number of nitrogens with two attached hydrogens (primary N) is 1. The highest BCUT2D eigenvalue weighted by Crippen LogP contribution is 2.32. The van der Waals surface area contributed by atoms with E-state index in [0.717, 1.165) is 23.5 Å². The maximum Gasteiger partial charge on any atom is 0.161 e. The maximum absolute atomic E-state index is 5.68. The van der Waals surface area contributed by atoms with Crippen LogP contribution in [0.4, 0.5) is 0 Å². The molecule has 0 spiro atoms. The van der Waals surface area contributed by atoms with Gasteiger partial charge in [-0.15, -0.1) is 0 Å². The van der Waals surface area contributed by atoms with Crippen LogP contribution in [0.1, 0.15) is 38.8 Å². The van der Waals surface area contributed by atoms with Gasteiger partial charge in [-0.05, 0) is 38.0 Å². The van der Waals surface area contributed by atoms with Gasteiger partial charge in [-0.1, -0.05) is 13.0 Å². The molecule has 0 bridgehead atoms. The molecule has 0 aromatic heterocycles. The number of hydrazine groups is 1. The van der Waals surface area contributed by atoms with Crippen LogP contribution in [-0.4, -0.2) is 26.4 Å². The van der Waals surface area contributed by atoms with Crippen LogP contribution < -0.4 is 20.7 Å². The number of benzene rings is 1. The molecule has 0 fully saturated rings. The lowest BCUT2D eigenvalue weighted by Gasteiger charge is -2.25. The maximum atomic E-state index is 5.68. The Kier molecular flexibility index (Phi) is 7.36. The van der Waals surface area contributed by atoms with E-state index < -0.39 is 0 Å². The molecule has 5 nitrogen and oxygen atoms in total. The number of hydrogen-bond acceptors (Lipinski definition) is 5. The third-order valence-corrected chi connectivity index (χ3v) is 3.18. The Hall–Kier alpha value is -1.30. The monoisotopic (exact) mass is 282 g/mol. The van der Waals surface area contributed by atoms with E-state index >= 15 is 0 Å². The molecule has 2 atom stereocenters. The molecule has 0 aliphatic heterocycles. The molecule has 2 unspecified atom stereocenters. The van der Waals surface area contributed by atoms with Gasteiger partial charge in [0.05, 0.1) is 25.4 Å². The van der Waals surface area contributed by atoms with Gasteiger partial charge in [0, 0.05) is 7.11 Å². The molecular formula is C15H26N2O3. The summed E-state index contributed by atoms with van der Waals surface area (Å²) in [5.74, 6) is 7.16. The second kappa shape index (κ2) is 8.79. The minimum atomic E-state index is -0.0834. The Labute approximate surface area is 121 Å². The number of ether oxygens (including phenoxy) is 3. The lowest BCUT2D eigenvalue weighted by Crippen LogP contribution is -2.37. The molecule has 1 aromatic rings. The molecule has 1 rings (SSSR count). The van der Waals surface area contributed by atoms with Crippen LogP contribution >= 0.6 is 0 Å². The molecule has 0 aliphatic rings. The third kappa shape index (κ3) is 4.10. The van der Waals surface area contributed by atoms with Crippen molar-refractivity contribution in [3.8, 4) is 11.5 Å². The van der Waals surface area contributed by atoms with Crippen LogP contribution in [0.2, 0.25) is 0 Å². The van der Waals surface area contributed by atoms with Crippen LogP contribution in [0, 0.1) is 0 Å². The number of hydrogen-bond donors (Lipinski definition) is 2. The Bertz CT molecular complexity index is 395. The second-order valence-electron chi connectivity index (χ2n) is 4.40. The normalized spacial score (nSPS) is 13.8. The van der Waals surface area contributed by atoms with Crippen molar-refractivity contribution in [2.75, 3.05) is 20.3 Å². The van der Waals surface area contributed by atoms with Gasteiger partial charge in [0.15, 0.2) is 11.5 Å². The van der Waals surface area contributed by atoms with E-state index in [4.69, 9.17) is 20.1 Å². The molecule has 20 heavy (non-hydrogen) atoms. The summed E-state index contributed by atoms with van der Waals surface area (Å²) in [5.41, 5.74) is 3.84. The van der Waals surface area contributed by atoms with Crippen molar-refractivity contribution in [2.45, 2.75) is 39.3 Å². The fourth-order valence-electron chi connectivity index (χ4n) is 2.22. The largest absolute Gasteiger partial charge is 0.490 e. The minimum Gasteiger partial charge on any atom is -0.490 e. The van der Waals surface area contributed by atoms with Gasteiger partial charge in [0.1, 0.15) is 0 Å². The van der Waals surface area contributed by atoms with Crippen LogP contribution in [0.3, 0.4) is 0 Å². The van der Waals surface area contributed by atoms with Crippen molar-refractivity contribution in [3.05, 3.63) is 23.8 Å². The summed E-state index contributed by atoms with van der Waals surface area (Å²) >= 11 is 0. The van der Waals surface area contributed by atoms with E-state index in [9.17, 15) is 0 Å². The van der Waals surface area contributed by atoms with Gasteiger partial charge in [-0.2, -0.15) is 0 Å². The molecule has 0 aliphatic carbocycles. The van der Waals surface area contributed by atoms with Crippen molar-refractivity contribution < 1.29 is 14.2 Å². The molecule has 5 heteroatoms. The summed E-state index contributed by atoms with van der Waals surface area (Å²) in [5, 5.41) is 0. The van der Waals surface area contributed by atoms with E-state index in [1.807, 2.05) is 32.0 Å². The first-order chi connectivity index (χ1) is 9.71. The fourth-order valence-corrected chi connectivity index (χ4v) is 2.22. The molecular weight excluding hydrogens is 256 g/mol. The summed E-state index contributed by atoms with van der Waals surface area (Å²) in [4.78, 5) is 0. The zero-order valence-electron chi connectivity index (χ0n) is 12.8. The van der Waals surface area contributed by atoms with E-state index in [0.29, 0.717) is 13.2 Å². The first-order valence-electron chi connectivity index (χ1n) is 7.10. The second-order valence-corrected chi connectivity index (χ2v) is 4.40. The van der Waals surface area contributed by atoms with Gasteiger partial charge in [-0.3, -0.25) is 11.3 Å².